The maximum Gasteiger partial charge on any atom is 0.305 e. The Morgan fingerprint density at radius 1 is 1.13 bits per heavy atom. The number of carboxylic acids is 1. The molecule has 1 aromatic carbocycles. The van der Waals surface area contributed by atoms with Gasteiger partial charge in [-0.3, -0.25) is 9.59 Å². The van der Waals surface area contributed by atoms with E-state index in [-0.39, 0.29) is 18.9 Å². The Morgan fingerprint density at radius 2 is 1.90 bits per heavy atom. The molecule has 0 atom stereocenters. The first-order valence-corrected chi connectivity index (χ1v) is 11.8. The standard InChI is InChI=1S/C24H34N4O3/c29-23(30)12-15-26-24(31)18-7-8-21-20(16-18)27-22(9-6-17-10-13-25-14-11-17)28(21)19-4-2-1-3-5-19/h7-8,16-17,19,25H,1-6,9-15H2,(H,26,31)(H,29,30). The maximum atomic E-state index is 12.5. The lowest BCUT2D eigenvalue weighted by Crippen LogP contribution is -2.28. The largest absolute Gasteiger partial charge is 0.481 e. The summed E-state index contributed by atoms with van der Waals surface area (Å²) in [6.45, 7) is 2.36. The van der Waals surface area contributed by atoms with Gasteiger partial charge in [0.1, 0.15) is 5.82 Å². The highest BCUT2D eigenvalue weighted by Crippen LogP contribution is 2.33. The van der Waals surface area contributed by atoms with Crippen LogP contribution in [0.4, 0.5) is 0 Å². The fourth-order valence-electron chi connectivity index (χ4n) is 5.10. The molecule has 1 saturated heterocycles. The molecule has 7 heteroatoms. The van der Waals surface area contributed by atoms with Gasteiger partial charge in [0, 0.05) is 24.6 Å². The van der Waals surface area contributed by atoms with Gasteiger partial charge in [-0.1, -0.05) is 19.3 Å². The summed E-state index contributed by atoms with van der Waals surface area (Å²) in [6.07, 6.45) is 10.8. The van der Waals surface area contributed by atoms with Gasteiger partial charge in [0.15, 0.2) is 0 Å². The zero-order valence-corrected chi connectivity index (χ0v) is 18.2. The fourth-order valence-corrected chi connectivity index (χ4v) is 5.10. The number of aryl methyl sites for hydroxylation is 1. The van der Waals surface area contributed by atoms with Crippen molar-refractivity contribution in [1.29, 1.82) is 0 Å². The number of benzene rings is 1. The molecule has 0 radical (unpaired) electrons. The van der Waals surface area contributed by atoms with Crippen LogP contribution in [-0.2, 0) is 11.2 Å². The number of imidazole rings is 1. The van der Waals surface area contributed by atoms with E-state index in [1.54, 1.807) is 0 Å². The number of amides is 1. The van der Waals surface area contributed by atoms with E-state index in [9.17, 15) is 9.59 Å². The first kappa shape index (κ1) is 21.8. The van der Waals surface area contributed by atoms with Crippen LogP contribution >= 0.6 is 0 Å². The molecular formula is C24H34N4O3. The van der Waals surface area contributed by atoms with Crippen molar-refractivity contribution in [1.82, 2.24) is 20.2 Å². The van der Waals surface area contributed by atoms with Crippen LogP contribution in [0.2, 0.25) is 0 Å². The van der Waals surface area contributed by atoms with Gasteiger partial charge >= 0.3 is 5.97 Å². The molecule has 1 amide bonds. The van der Waals surface area contributed by atoms with E-state index in [0.29, 0.717) is 11.6 Å². The van der Waals surface area contributed by atoms with Crippen LogP contribution in [-0.4, -0.2) is 46.2 Å². The Balaban J connectivity index is 1.56. The lowest BCUT2D eigenvalue weighted by molar-refractivity contribution is -0.136. The predicted octanol–water partition coefficient (Wildman–Crippen LogP) is 3.68. The topological polar surface area (TPSA) is 96.2 Å². The molecule has 31 heavy (non-hydrogen) atoms. The highest BCUT2D eigenvalue weighted by Gasteiger charge is 2.23. The van der Waals surface area contributed by atoms with Crippen LogP contribution in [0.3, 0.4) is 0 Å². The van der Waals surface area contributed by atoms with Gasteiger partial charge in [-0.25, -0.2) is 4.98 Å². The Kier molecular flexibility index (Phi) is 7.22. The minimum Gasteiger partial charge on any atom is -0.481 e. The molecule has 0 spiro atoms. The quantitative estimate of drug-likeness (QED) is 0.598. The van der Waals surface area contributed by atoms with Crippen molar-refractivity contribution in [2.75, 3.05) is 19.6 Å². The molecule has 1 saturated carbocycles. The number of fused-ring (bicyclic) bond motifs is 1. The summed E-state index contributed by atoms with van der Waals surface area (Å²) in [5, 5.41) is 14.9. The summed E-state index contributed by atoms with van der Waals surface area (Å²) in [5.41, 5.74) is 2.53. The number of carboxylic acid groups (broad SMARTS) is 1. The van der Waals surface area contributed by atoms with E-state index in [1.807, 2.05) is 18.2 Å². The smallest absolute Gasteiger partial charge is 0.305 e. The van der Waals surface area contributed by atoms with Gasteiger partial charge in [-0.2, -0.15) is 0 Å². The van der Waals surface area contributed by atoms with Crippen LogP contribution in [0.1, 0.15) is 80.0 Å². The molecule has 2 aliphatic rings. The van der Waals surface area contributed by atoms with E-state index in [1.165, 1.54) is 51.4 Å². The monoisotopic (exact) mass is 426 g/mol. The molecule has 1 aromatic heterocycles. The van der Waals surface area contributed by atoms with Crippen molar-refractivity contribution < 1.29 is 14.7 Å². The normalized spacial score (nSPS) is 18.3. The van der Waals surface area contributed by atoms with Crippen molar-refractivity contribution in [3.05, 3.63) is 29.6 Å². The molecule has 2 heterocycles. The van der Waals surface area contributed by atoms with E-state index in [0.717, 1.165) is 42.3 Å². The number of rotatable bonds is 8. The van der Waals surface area contributed by atoms with Crippen molar-refractivity contribution in [3.63, 3.8) is 0 Å². The Bertz CT molecular complexity index is 911. The lowest BCUT2D eigenvalue weighted by atomic mass is 9.92. The molecule has 0 unspecified atom stereocenters. The summed E-state index contributed by atoms with van der Waals surface area (Å²) < 4.78 is 2.46. The van der Waals surface area contributed by atoms with Crippen LogP contribution in [0, 0.1) is 5.92 Å². The van der Waals surface area contributed by atoms with Gasteiger partial charge in [0.25, 0.3) is 5.91 Å². The minimum atomic E-state index is -0.916. The van der Waals surface area contributed by atoms with E-state index in [4.69, 9.17) is 10.1 Å². The zero-order chi connectivity index (χ0) is 21.6. The summed E-state index contributed by atoms with van der Waals surface area (Å²) >= 11 is 0. The highest BCUT2D eigenvalue weighted by atomic mass is 16.4. The highest BCUT2D eigenvalue weighted by molar-refractivity contribution is 5.97. The second-order valence-corrected chi connectivity index (χ2v) is 9.03. The molecule has 1 aliphatic heterocycles. The van der Waals surface area contributed by atoms with Gasteiger partial charge in [0.2, 0.25) is 0 Å². The Hall–Kier alpha value is -2.41. The molecule has 4 rings (SSSR count). The summed E-state index contributed by atoms with van der Waals surface area (Å²) in [7, 11) is 0. The van der Waals surface area contributed by atoms with Gasteiger partial charge < -0.3 is 20.3 Å². The average molecular weight is 427 g/mol. The first-order valence-electron chi connectivity index (χ1n) is 11.8. The number of carbonyl (C=O) groups is 2. The summed E-state index contributed by atoms with van der Waals surface area (Å²) in [6, 6.07) is 6.23. The third-order valence-corrected chi connectivity index (χ3v) is 6.82. The summed E-state index contributed by atoms with van der Waals surface area (Å²) in [4.78, 5) is 28.1. The molecule has 1 aliphatic carbocycles. The van der Waals surface area contributed by atoms with E-state index < -0.39 is 5.97 Å². The second kappa shape index (κ2) is 10.3. The number of hydrogen-bond acceptors (Lipinski definition) is 4. The number of piperidine rings is 1. The number of hydrogen-bond donors (Lipinski definition) is 3. The predicted molar refractivity (Wildman–Crippen MR) is 120 cm³/mol. The summed E-state index contributed by atoms with van der Waals surface area (Å²) in [5.74, 6) is 0.757. The van der Waals surface area contributed by atoms with Crippen LogP contribution < -0.4 is 10.6 Å². The van der Waals surface area contributed by atoms with Crippen LogP contribution in [0.15, 0.2) is 18.2 Å². The molecule has 2 aromatic rings. The number of nitrogens with one attached hydrogen (secondary N) is 2. The zero-order valence-electron chi connectivity index (χ0n) is 18.2. The fraction of sp³-hybridized carbons (Fsp3) is 0.625. The molecule has 7 nitrogen and oxygen atoms in total. The van der Waals surface area contributed by atoms with Crippen LogP contribution in [0.5, 0.6) is 0 Å². The maximum absolute atomic E-state index is 12.5. The number of aromatic nitrogens is 2. The third kappa shape index (κ3) is 5.45. The molecule has 0 bridgehead atoms. The van der Waals surface area contributed by atoms with Crippen molar-refractivity contribution in [2.45, 2.75) is 70.3 Å². The molecular weight excluding hydrogens is 392 g/mol. The number of nitrogens with zero attached hydrogens (tertiary/aromatic N) is 2. The van der Waals surface area contributed by atoms with E-state index in [2.05, 4.69) is 15.2 Å². The Morgan fingerprint density at radius 3 is 2.65 bits per heavy atom. The van der Waals surface area contributed by atoms with Crippen molar-refractivity contribution in [2.24, 2.45) is 5.92 Å². The molecule has 3 N–H and O–H groups in total. The van der Waals surface area contributed by atoms with Crippen molar-refractivity contribution >= 4 is 22.9 Å². The SMILES string of the molecule is O=C(O)CCNC(=O)c1ccc2c(c1)nc(CCC1CCNCC1)n2C1CCCCC1. The molecule has 168 valence electrons. The Labute approximate surface area is 183 Å². The van der Waals surface area contributed by atoms with Crippen LogP contribution in [0.25, 0.3) is 11.0 Å². The number of aliphatic carboxylic acids is 1. The van der Waals surface area contributed by atoms with Gasteiger partial charge in [0.05, 0.1) is 17.5 Å². The molecule has 2 fully saturated rings. The van der Waals surface area contributed by atoms with Gasteiger partial charge in [-0.15, -0.1) is 0 Å². The third-order valence-electron chi connectivity index (χ3n) is 6.82. The lowest BCUT2D eigenvalue weighted by Gasteiger charge is -2.27. The minimum absolute atomic E-state index is 0.0782. The van der Waals surface area contributed by atoms with E-state index >= 15 is 0 Å². The first-order chi connectivity index (χ1) is 15.1. The number of carbonyl (C=O) groups excluding carboxylic acids is 1. The van der Waals surface area contributed by atoms with Crippen molar-refractivity contribution in [3.8, 4) is 0 Å². The average Bonchev–Trinajstić information content (AvgIpc) is 3.16. The second-order valence-electron chi connectivity index (χ2n) is 9.03. The van der Waals surface area contributed by atoms with Gasteiger partial charge in [-0.05, 0) is 69.3 Å².